The van der Waals surface area contributed by atoms with Gasteiger partial charge in [-0.25, -0.2) is 9.97 Å². The van der Waals surface area contributed by atoms with Crippen molar-refractivity contribution in [3.8, 4) is 39.3 Å². The molecule has 1 aromatic carbocycles. The summed E-state index contributed by atoms with van der Waals surface area (Å²) in [5.74, 6) is 0.281. The first-order valence-electron chi connectivity index (χ1n) is 28.9. The van der Waals surface area contributed by atoms with Crippen LogP contribution in [-0.2, 0) is 14.3 Å². The second-order valence-corrected chi connectivity index (χ2v) is 24.2. The van der Waals surface area contributed by atoms with Crippen LogP contribution in [0.15, 0.2) is 83.1 Å². The van der Waals surface area contributed by atoms with Crippen molar-refractivity contribution in [2.75, 3.05) is 48.3 Å². The smallest absolute Gasteiger partial charge is 0.254 e. The number of nitrogens with one attached hydrogen (secondary N) is 1. The normalized spacial score (nSPS) is 24.4. The monoisotopic (exact) mass is 1120 g/mol. The molecule has 81 heavy (non-hydrogen) atoms. The molecule has 2 saturated carbocycles. The number of para-hydroxylation sites is 1. The SMILES string of the molecule is Cc1ncsc1-c1ccc([C@H](C)NC(=O)[C@@H]2C[C@@H](O)CN2C(=O)[C@@H](c2cc(OCCN(C(C)C)C3CCC(OC4CC(Oc5cc(N6C7CCC6CN(c6cc(-c8ccccc8O)nnc6N)C7)ccn5)C4)CC3)no2)C(C)C)cn1. The van der Waals surface area contributed by atoms with E-state index in [2.05, 4.69) is 76.3 Å². The number of ether oxygens (including phenoxy) is 3. The fourth-order valence-corrected chi connectivity index (χ4v) is 13.6. The summed E-state index contributed by atoms with van der Waals surface area (Å²) in [7, 11) is 0. The Morgan fingerprint density at radius 3 is 2.35 bits per heavy atom. The molecule has 11 rings (SSSR count). The summed E-state index contributed by atoms with van der Waals surface area (Å²) in [5, 5.41) is 37.1. The maximum absolute atomic E-state index is 14.3. The predicted molar refractivity (Wildman–Crippen MR) is 308 cm³/mol. The molecular formula is C60H76N12O8S. The Morgan fingerprint density at radius 2 is 1.64 bits per heavy atom. The molecule has 5 aliphatic rings. The lowest BCUT2D eigenvalue weighted by atomic mass is 9.88. The summed E-state index contributed by atoms with van der Waals surface area (Å²) in [6.45, 7) is 14.8. The number of aliphatic hydroxyl groups excluding tert-OH is 1. The van der Waals surface area contributed by atoms with E-state index in [0.717, 1.165) is 97.7 Å². The molecule has 0 radical (unpaired) electrons. The Bertz CT molecular complexity index is 3110. The van der Waals surface area contributed by atoms with Crippen molar-refractivity contribution in [2.45, 2.75) is 166 Å². The molecule has 2 aliphatic carbocycles. The number of hydrogen-bond donors (Lipinski definition) is 4. The number of phenols is 1. The quantitative estimate of drug-likeness (QED) is 0.0564. The van der Waals surface area contributed by atoms with Crippen LogP contribution in [0.1, 0.15) is 121 Å². The lowest BCUT2D eigenvalue weighted by Crippen LogP contribution is -2.54. The van der Waals surface area contributed by atoms with Gasteiger partial charge in [0, 0.05) is 105 Å². The number of hydrogen-bond acceptors (Lipinski definition) is 19. The zero-order chi connectivity index (χ0) is 56.5. The van der Waals surface area contributed by atoms with Gasteiger partial charge in [0.1, 0.15) is 30.4 Å². The van der Waals surface area contributed by atoms with Gasteiger partial charge in [0.15, 0.2) is 11.6 Å². The van der Waals surface area contributed by atoms with Gasteiger partial charge in [0.05, 0.1) is 57.5 Å². The molecular weight excluding hydrogens is 1050 g/mol. The van der Waals surface area contributed by atoms with E-state index in [9.17, 15) is 19.8 Å². The molecule has 2 bridgehead atoms. The zero-order valence-electron chi connectivity index (χ0n) is 47.1. The van der Waals surface area contributed by atoms with Gasteiger partial charge in [0.25, 0.3) is 5.88 Å². The Balaban J connectivity index is 0.614. The van der Waals surface area contributed by atoms with E-state index in [1.54, 1.807) is 29.9 Å². The summed E-state index contributed by atoms with van der Waals surface area (Å²) >= 11 is 1.53. The van der Waals surface area contributed by atoms with E-state index >= 15 is 0 Å². The fourth-order valence-electron chi connectivity index (χ4n) is 12.9. The number of aliphatic hydroxyl groups is 1. The summed E-state index contributed by atoms with van der Waals surface area (Å²) in [4.78, 5) is 51.5. The molecule has 430 valence electrons. The zero-order valence-corrected chi connectivity index (χ0v) is 48.0. The van der Waals surface area contributed by atoms with E-state index in [1.807, 2.05) is 64.2 Å². The number of phenolic OH excluding ortho intramolecular Hbond substituents is 1. The number of nitrogens with zero attached hydrogens (tertiary/aromatic N) is 10. The molecule has 3 aliphatic heterocycles. The first kappa shape index (κ1) is 55.9. The third kappa shape index (κ3) is 12.3. The summed E-state index contributed by atoms with van der Waals surface area (Å²) in [6.07, 6.45) is 11.2. The molecule has 2 unspecified atom stereocenters. The van der Waals surface area contributed by atoms with Crippen molar-refractivity contribution in [2.24, 2.45) is 5.92 Å². The topological polar surface area (TPSA) is 244 Å². The third-order valence-electron chi connectivity index (χ3n) is 17.2. The van der Waals surface area contributed by atoms with E-state index < -0.39 is 18.1 Å². The molecule has 5 N–H and O–H groups in total. The van der Waals surface area contributed by atoms with Crippen molar-refractivity contribution < 1.29 is 38.5 Å². The van der Waals surface area contributed by atoms with Crippen molar-refractivity contribution in [1.29, 1.82) is 0 Å². The number of piperazine rings is 1. The predicted octanol–water partition coefficient (Wildman–Crippen LogP) is 8.10. The van der Waals surface area contributed by atoms with Crippen molar-refractivity contribution in [3.63, 3.8) is 0 Å². The maximum Gasteiger partial charge on any atom is 0.254 e. The number of amides is 2. The van der Waals surface area contributed by atoms with Crippen LogP contribution >= 0.6 is 11.3 Å². The highest BCUT2D eigenvalue weighted by Gasteiger charge is 2.45. The molecule has 6 aromatic rings. The van der Waals surface area contributed by atoms with Gasteiger partial charge in [-0.2, -0.15) is 0 Å². The fraction of sp³-hybridized carbons (Fsp3) is 0.533. The number of anilines is 3. The van der Waals surface area contributed by atoms with Crippen LogP contribution in [0.4, 0.5) is 17.2 Å². The standard InChI is InChI=1S/C60H76N12O8S/c1-34(2)56(60(76)71-32-43(73)24-51(71)59(75)65-36(5)38-11-18-48(63-29-38)57-37(6)64-33-81-57)53-28-55(68-80-53)77-22-21-70(35(3)4)39-14-16-44(17-15-39)78-45-25-46(26-45)79-54-23-40(19-20-62-54)72-41-12-13-42(72)31-69(30-41)50-27-49(66-67-58(50)61)47-9-7-8-10-52(47)74/h7-11,18-20,23,27-29,33-36,39,41-46,51,56,73-74H,12-17,21-22,24-26,30-32H2,1-6H3,(H2,61,67)(H,65,75)/t36-,39?,41?,42?,43+,44?,45?,46?,51-,56+/m0/s1. The van der Waals surface area contributed by atoms with Crippen molar-refractivity contribution >= 4 is 40.3 Å². The molecule has 21 heteroatoms. The number of carbonyl (C=O) groups is 2. The number of nitrogens with two attached hydrogens (primary N) is 1. The van der Waals surface area contributed by atoms with Crippen molar-refractivity contribution in [1.82, 2.24) is 45.4 Å². The van der Waals surface area contributed by atoms with Gasteiger partial charge in [-0.15, -0.1) is 21.5 Å². The number of nitrogen functional groups attached to an aromatic ring is 1. The number of thiazole rings is 1. The Kier molecular flexibility index (Phi) is 16.8. The lowest BCUT2D eigenvalue weighted by molar-refractivity contribution is -0.141. The van der Waals surface area contributed by atoms with Crippen LogP contribution in [-0.4, -0.2) is 150 Å². The molecule has 5 aromatic heterocycles. The highest BCUT2D eigenvalue weighted by atomic mass is 32.1. The number of aromatic nitrogens is 6. The van der Waals surface area contributed by atoms with E-state index in [1.165, 1.54) is 16.2 Å². The summed E-state index contributed by atoms with van der Waals surface area (Å²) in [5.41, 5.74) is 13.9. The number of fused-ring (bicyclic) bond motifs is 2. The van der Waals surface area contributed by atoms with Crippen LogP contribution in [0.5, 0.6) is 17.5 Å². The first-order chi connectivity index (χ1) is 39.1. The first-order valence-corrected chi connectivity index (χ1v) is 29.7. The third-order valence-corrected chi connectivity index (χ3v) is 18.1. The Morgan fingerprint density at radius 1 is 0.864 bits per heavy atom. The van der Waals surface area contributed by atoms with Crippen LogP contribution in [0.2, 0.25) is 0 Å². The molecule has 6 atom stereocenters. The average molecular weight is 1130 g/mol. The van der Waals surface area contributed by atoms with Crippen LogP contribution in [0.3, 0.4) is 0 Å². The second-order valence-electron chi connectivity index (χ2n) is 23.3. The summed E-state index contributed by atoms with van der Waals surface area (Å²) in [6, 6.07) is 18.8. The maximum atomic E-state index is 14.3. The molecule has 5 fully saturated rings. The van der Waals surface area contributed by atoms with Gasteiger partial charge in [-0.3, -0.25) is 19.5 Å². The van der Waals surface area contributed by atoms with Crippen LogP contribution < -0.4 is 30.3 Å². The van der Waals surface area contributed by atoms with Gasteiger partial charge < -0.3 is 54.7 Å². The summed E-state index contributed by atoms with van der Waals surface area (Å²) < 4.78 is 25.1. The second kappa shape index (κ2) is 24.3. The van der Waals surface area contributed by atoms with E-state index in [-0.39, 0.29) is 72.9 Å². The Labute approximate surface area is 477 Å². The van der Waals surface area contributed by atoms with Crippen LogP contribution in [0, 0.1) is 12.8 Å². The van der Waals surface area contributed by atoms with Gasteiger partial charge >= 0.3 is 0 Å². The number of rotatable bonds is 20. The highest BCUT2D eigenvalue weighted by molar-refractivity contribution is 7.13. The highest BCUT2D eigenvalue weighted by Crippen LogP contribution is 2.41. The minimum atomic E-state index is -0.853. The number of carbonyl (C=O) groups excluding carboxylic acids is 2. The van der Waals surface area contributed by atoms with E-state index in [0.29, 0.717) is 59.8 Å². The number of β-amino-alcohol motifs (C(OH)–C–C–N with tert-alkyl or cyclic N) is 1. The Hall–Kier alpha value is -6.94. The minimum absolute atomic E-state index is 0.0399. The van der Waals surface area contributed by atoms with Crippen LogP contribution in [0.25, 0.3) is 21.8 Å². The molecule has 3 saturated heterocycles. The van der Waals surface area contributed by atoms with E-state index in [4.69, 9.17) is 24.5 Å². The number of likely N-dealkylation sites (tertiary alicyclic amines) is 1. The average Bonchev–Trinajstić information content (AvgIpc) is 4.48. The van der Waals surface area contributed by atoms with Gasteiger partial charge in [-0.1, -0.05) is 32.0 Å². The number of aryl methyl sites for hydroxylation is 1. The lowest BCUT2D eigenvalue weighted by Gasteiger charge is -2.43. The minimum Gasteiger partial charge on any atom is -0.507 e. The number of aromatic hydroxyl groups is 1. The molecule has 20 nitrogen and oxygen atoms in total. The number of benzene rings is 1. The van der Waals surface area contributed by atoms with Gasteiger partial charge in [0.2, 0.25) is 17.7 Å². The number of pyridine rings is 2. The largest absolute Gasteiger partial charge is 0.507 e. The van der Waals surface area contributed by atoms with Crippen molar-refractivity contribution in [3.05, 3.63) is 95.6 Å². The molecule has 2 amide bonds. The molecule has 0 spiro atoms. The molecule has 8 heterocycles. The van der Waals surface area contributed by atoms with Gasteiger partial charge in [-0.05, 0) is 113 Å².